The van der Waals surface area contributed by atoms with Gasteiger partial charge in [0.05, 0.1) is 16.8 Å². The maximum Gasteiger partial charge on any atom is 0.274 e. The summed E-state index contributed by atoms with van der Waals surface area (Å²) < 4.78 is 55.7. The predicted molar refractivity (Wildman–Crippen MR) is 139 cm³/mol. The molecule has 2 heterocycles. The maximum absolute atomic E-state index is 12.7. The molecule has 0 spiro atoms. The Bertz CT molecular complexity index is 1680. The van der Waals surface area contributed by atoms with Gasteiger partial charge in [-0.3, -0.25) is 4.79 Å². The zero-order chi connectivity index (χ0) is 27.0. The highest BCUT2D eigenvalue weighted by Gasteiger charge is 2.34. The predicted octanol–water partition coefficient (Wildman–Crippen LogP) is 1.91. The summed E-state index contributed by atoms with van der Waals surface area (Å²) in [5.74, 6) is -0.563. The fourth-order valence-electron chi connectivity index (χ4n) is 3.50. The van der Waals surface area contributed by atoms with Gasteiger partial charge in [0, 0.05) is 17.9 Å². The van der Waals surface area contributed by atoms with E-state index in [4.69, 9.17) is 9.56 Å². The Hall–Kier alpha value is -3.24. The summed E-state index contributed by atoms with van der Waals surface area (Å²) in [5, 5.41) is 14.1. The van der Waals surface area contributed by atoms with Crippen LogP contribution in [0.2, 0.25) is 0 Å². The fourth-order valence-corrected chi connectivity index (χ4v) is 6.35. The van der Waals surface area contributed by atoms with E-state index in [1.807, 2.05) is 36.8 Å². The highest BCUT2D eigenvalue weighted by atomic mass is 32.2. The number of amides is 1. The summed E-state index contributed by atoms with van der Waals surface area (Å²) in [7, 11) is -7.79. The van der Waals surface area contributed by atoms with Crippen LogP contribution in [0, 0.1) is 0 Å². The summed E-state index contributed by atoms with van der Waals surface area (Å²) in [4.78, 5) is 16.9. The summed E-state index contributed by atoms with van der Waals surface area (Å²) in [6.45, 7) is 3.38. The number of carbonyl (C=O) groups is 1. The largest absolute Gasteiger partial charge is 0.422 e. The van der Waals surface area contributed by atoms with Crippen LogP contribution >= 0.6 is 11.3 Å². The molecule has 0 fully saturated rings. The minimum Gasteiger partial charge on any atom is -0.422 e. The number of nitrogens with two attached hydrogens (primary N) is 1. The lowest BCUT2D eigenvalue weighted by Gasteiger charge is -2.09. The van der Waals surface area contributed by atoms with Gasteiger partial charge in [0.25, 0.3) is 16.1 Å². The summed E-state index contributed by atoms with van der Waals surface area (Å²) >= 11 is 1.15. The van der Waals surface area contributed by atoms with E-state index in [-0.39, 0.29) is 35.3 Å². The van der Waals surface area contributed by atoms with Crippen molar-refractivity contribution in [3.8, 4) is 11.1 Å². The molecule has 15 heteroatoms. The zero-order valence-electron chi connectivity index (χ0n) is 20.0. The molecule has 1 amide bonds. The quantitative estimate of drug-likeness (QED) is 0.273. The molecule has 0 radical (unpaired) electrons. The fraction of sp³-hybridized carbons (Fsp3) is 0.273. The molecule has 196 valence electrons. The average Bonchev–Trinajstić information content (AvgIpc) is 3.42. The molecule has 0 aliphatic heterocycles. The second-order valence-corrected chi connectivity index (χ2v) is 13.1. The van der Waals surface area contributed by atoms with Crippen LogP contribution in [0.1, 0.15) is 46.2 Å². The Morgan fingerprint density at radius 3 is 2.49 bits per heavy atom. The van der Waals surface area contributed by atoms with Crippen LogP contribution in [-0.4, -0.2) is 50.2 Å². The van der Waals surface area contributed by atoms with Crippen LogP contribution in [0.5, 0.6) is 0 Å². The molecule has 1 atom stereocenters. The average molecular weight is 565 g/mol. The maximum atomic E-state index is 12.7. The molecule has 4 rings (SSSR count). The lowest BCUT2D eigenvalue weighted by molar-refractivity contribution is 0.0943. The van der Waals surface area contributed by atoms with E-state index in [9.17, 15) is 21.6 Å². The molecule has 4 N–H and O–H groups in total. The summed E-state index contributed by atoms with van der Waals surface area (Å²) in [6.07, 6.45) is 1.02. The van der Waals surface area contributed by atoms with Crippen LogP contribution in [0.3, 0.4) is 0 Å². The van der Waals surface area contributed by atoms with E-state index in [2.05, 4.69) is 20.5 Å². The van der Waals surface area contributed by atoms with Crippen LogP contribution in [0.25, 0.3) is 21.3 Å². The second-order valence-electron chi connectivity index (χ2n) is 8.55. The van der Waals surface area contributed by atoms with E-state index in [0.717, 1.165) is 28.7 Å². The van der Waals surface area contributed by atoms with Gasteiger partial charge < -0.3 is 9.73 Å². The smallest absolute Gasteiger partial charge is 0.274 e. The monoisotopic (exact) mass is 564 g/mol. The number of benzene rings is 2. The van der Waals surface area contributed by atoms with Gasteiger partial charge in [-0.15, -0.1) is 21.5 Å². The van der Waals surface area contributed by atoms with Gasteiger partial charge in [-0.25, -0.2) is 18.5 Å². The molecule has 4 aromatic rings. The summed E-state index contributed by atoms with van der Waals surface area (Å²) in [5.41, 5.74) is 2.74. The van der Waals surface area contributed by atoms with Crippen molar-refractivity contribution in [3.63, 3.8) is 0 Å². The molecule has 37 heavy (non-hydrogen) atoms. The summed E-state index contributed by atoms with van der Waals surface area (Å²) in [6, 6.07) is 12.7. The second kappa shape index (κ2) is 10.3. The minimum absolute atomic E-state index is 0.00537. The van der Waals surface area contributed by atoms with Gasteiger partial charge >= 0.3 is 0 Å². The number of rotatable bonds is 9. The first-order valence-electron chi connectivity index (χ1n) is 10.9. The molecule has 0 aliphatic rings. The molecule has 0 saturated carbocycles. The van der Waals surface area contributed by atoms with Crippen molar-refractivity contribution in [2.24, 2.45) is 5.14 Å². The Morgan fingerprint density at radius 1 is 1.08 bits per heavy atom. The Kier molecular flexibility index (Phi) is 7.43. The molecule has 12 nitrogen and oxygen atoms in total. The molecule has 0 saturated heterocycles. The first-order valence-corrected chi connectivity index (χ1v) is 15.2. The van der Waals surface area contributed by atoms with Gasteiger partial charge in [0.2, 0.25) is 11.8 Å². The van der Waals surface area contributed by atoms with E-state index in [0.29, 0.717) is 15.8 Å². The molecular formula is C22H24N6O6S3. The van der Waals surface area contributed by atoms with Crippen molar-refractivity contribution < 1.29 is 26.0 Å². The van der Waals surface area contributed by atoms with Crippen molar-refractivity contribution in [2.45, 2.75) is 31.7 Å². The number of hydrogen-bond donors (Lipinski definition) is 3. The Morgan fingerprint density at radius 2 is 1.81 bits per heavy atom. The minimum atomic E-state index is -4.00. The number of carbonyl (C=O) groups excluding carboxylic acids is 1. The van der Waals surface area contributed by atoms with Crippen molar-refractivity contribution in [2.75, 3.05) is 6.26 Å². The standard InChI is InChI=1S/C22H24N6O6S3/c1-12(2)25-20(29)15-6-4-5-13(9-15)14-7-8-16-17(10-14)35-22(26-16)19(36(3,30)31)21-28-27-18(34-21)11-24-37(23,32)33/h4-10,12,19,24H,11H2,1-3H3,(H,25,29)(H2,23,32,33). The third kappa shape index (κ3) is 6.56. The van der Waals surface area contributed by atoms with Gasteiger partial charge in [-0.1, -0.05) is 18.2 Å². The number of thiazole rings is 1. The SMILES string of the molecule is CC(C)NC(=O)c1cccc(-c2ccc3nc(C(c4nnc(CNS(N)(=O)=O)o4)S(C)(=O)=O)sc3c2)c1. The third-order valence-electron chi connectivity index (χ3n) is 5.07. The van der Waals surface area contributed by atoms with E-state index in [1.54, 1.807) is 24.3 Å². The highest BCUT2D eigenvalue weighted by Crippen LogP contribution is 2.36. The topological polar surface area (TPSA) is 187 Å². The van der Waals surface area contributed by atoms with Gasteiger partial charge in [-0.05, 0) is 49.2 Å². The zero-order valence-corrected chi connectivity index (χ0v) is 22.4. The number of nitrogens with zero attached hydrogens (tertiary/aromatic N) is 3. The lowest BCUT2D eigenvalue weighted by Crippen LogP contribution is -2.30. The van der Waals surface area contributed by atoms with Gasteiger partial charge in [0.1, 0.15) is 5.01 Å². The van der Waals surface area contributed by atoms with Crippen molar-refractivity contribution >= 4 is 47.5 Å². The van der Waals surface area contributed by atoms with Crippen LogP contribution in [0.15, 0.2) is 46.9 Å². The Balaban J connectivity index is 1.67. The van der Waals surface area contributed by atoms with E-state index < -0.39 is 25.3 Å². The lowest BCUT2D eigenvalue weighted by atomic mass is 10.0. The molecular weight excluding hydrogens is 540 g/mol. The number of sulfone groups is 1. The number of fused-ring (bicyclic) bond motifs is 1. The normalized spacial score (nSPS) is 13.2. The van der Waals surface area contributed by atoms with Crippen LogP contribution < -0.4 is 15.2 Å². The molecule has 0 aliphatic carbocycles. The first-order chi connectivity index (χ1) is 17.3. The molecule has 1 unspecified atom stereocenters. The van der Waals surface area contributed by atoms with Gasteiger partial charge in [0.15, 0.2) is 15.1 Å². The van der Waals surface area contributed by atoms with Crippen molar-refractivity contribution in [1.29, 1.82) is 0 Å². The molecule has 2 aromatic carbocycles. The van der Waals surface area contributed by atoms with Gasteiger partial charge in [-0.2, -0.15) is 13.1 Å². The van der Waals surface area contributed by atoms with Crippen LogP contribution in [-0.2, 0) is 26.6 Å². The number of nitrogens with one attached hydrogen (secondary N) is 2. The van der Waals surface area contributed by atoms with E-state index in [1.165, 1.54) is 0 Å². The van der Waals surface area contributed by atoms with E-state index >= 15 is 0 Å². The number of aromatic nitrogens is 3. The number of hydrogen-bond acceptors (Lipinski definition) is 10. The van der Waals surface area contributed by atoms with Crippen molar-refractivity contribution in [3.05, 3.63) is 64.8 Å². The molecule has 0 bridgehead atoms. The van der Waals surface area contributed by atoms with Crippen LogP contribution in [0.4, 0.5) is 0 Å². The molecule has 2 aromatic heterocycles. The Labute approximate surface area is 217 Å². The third-order valence-corrected chi connectivity index (χ3v) is 8.13. The first kappa shape index (κ1) is 26.8. The van der Waals surface area contributed by atoms with Crippen molar-refractivity contribution in [1.82, 2.24) is 25.2 Å². The highest BCUT2D eigenvalue weighted by molar-refractivity contribution is 7.91.